The predicted molar refractivity (Wildman–Crippen MR) is 80.0 cm³/mol. The van der Waals surface area contributed by atoms with Crippen molar-refractivity contribution in [3.8, 4) is 0 Å². The highest BCUT2D eigenvalue weighted by atomic mass is 19.1. The topological polar surface area (TPSA) is 45.2 Å². The molecule has 0 saturated carbocycles. The summed E-state index contributed by atoms with van der Waals surface area (Å²) in [4.78, 5) is 18.5. The molecule has 1 fully saturated rings. The average Bonchev–Trinajstić information content (AvgIpc) is 3.05. The van der Waals surface area contributed by atoms with E-state index in [1.54, 1.807) is 18.3 Å². The van der Waals surface area contributed by atoms with Crippen molar-refractivity contribution in [3.63, 3.8) is 0 Å². The average molecular weight is 303 g/mol. The van der Waals surface area contributed by atoms with Crippen LogP contribution in [0.1, 0.15) is 23.2 Å². The number of halogens is 2. The first kappa shape index (κ1) is 14.4. The molecule has 1 aliphatic rings. The Labute approximate surface area is 126 Å². The van der Waals surface area contributed by atoms with Gasteiger partial charge in [-0.25, -0.2) is 13.8 Å². The minimum atomic E-state index is -0.677. The zero-order valence-electron chi connectivity index (χ0n) is 11.9. The van der Waals surface area contributed by atoms with Gasteiger partial charge in [-0.05, 0) is 37.1 Å². The third-order valence-electron chi connectivity index (χ3n) is 3.61. The van der Waals surface area contributed by atoms with Crippen molar-refractivity contribution in [3.05, 3.63) is 53.7 Å². The Balaban J connectivity index is 1.80. The lowest BCUT2D eigenvalue weighted by atomic mass is 10.2. The molecule has 2 heterocycles. The first-order valence-electron chi connectivity index (χ1n) is 7.11. The summed E-state index contributed by atoms with van der Waals surface area (Å²) in [5, 5.41) is 2.38. The first-order chi connectivity index (χ1) is 10.6. The van der Waals surface area contributed by atoms with E-state index in [1.807, 2.05) is 0 Å². The predicted octanol–water partition coefficient (Wildman–Crippen LogP) is 3.21. The molecule has 0 aliphatic carbocycles. The SMILES string of the molecule is O=C(Nc1cc(F)ccc1F)c1ccnc(N2CCCC2)c1. The normalized spacial score (nSPS) is 14.2. The zero-order valence-corrected chi connectivity index (χ0v) is 11.9. The first-order valence-corrected chi connectivity index (χ1v) is 7.11. The summed E-state index contributed by atoms with van der Waals surface area (Å²) in [5.41, 5.74) is 0.185. The summed E-state index contributed by atoms with van der Waals surface area (Å²) in [7, 11) is 0. The molecule has 1 saturated heterocycles. The maximum atomic E-state index is 13.6. The number of nitrogens with zero attached hydrogens (tertiary/aromatic N) is 2. The summed E-state index contributed by atoms with van der Waals surface area (Å²) in [6, 6.07) is 6.15. The van der Waals surface area contributed by atoms with Gasteiger partial charge in [0.05, 0.1) is 5.69 Å². The minimum Gasteiger partial charge on any atom is -0.357 e. The van der Waals surface area contributed by atoms with Gasteiger partial charge >= 0.3 is 0 Å². The van der Waals surface area contributed by atoms with Crippen LogP contribution < -0.4 is 10.2 Å². The molecule has 1 aromatic heterocycles. The van der Waals surface area contributed by atoms with Crippen molar-refractivity contribution < 1.29 is 13.6 Å². The fourth-order valence-corrected chi connectivity index (χ4v) is 2.47. The van der Waals surface area contributed by atoms with E-state index in [0.29, 0.717) is 5.56 Å². The van der Waals surface area contributed by atoms with Crippen LogP contribution in [-0.2, 0) is 0 Å². The summed E-state index contributed by atoms with van der Waals surface area (Å²) < 4.78 is 26.7. The standard InChI is InChI=1S/C16H15F2N3O/c17-12-3-4-13(18)14(10-12)20-16(22)11-5-6-19-15(9-11)21-7-1-2-8-21/h3-6,9-10H,1-2,7-8H2,(H,20,22). The van der Waals surface area contributed by atoms with E-state index >= 15 is 0 Å². The van der Waals surface area contributed by atoms with Crippen LogP contribution in [0.25, 0.3) is 0 Å². The monoisotopic (exact) mass is 303 g/mol. The highest BCUT2D eigenvalue weighted by molar-refractivity contribution is 6.04. The van der Waals surface area contributed by atoms with Gasteiger partial charge < -0.3 is 10.2 Å². The van der Waals surface area contributed by atoms with Gasteiger partial charge in [0.2, 0.25) is 0 Å². The molecule has 1 aromatic carbocycles. The van der Waals surface area contributed by atoms with Crippen LogP contribution in [0.5, 0.6) is 0 Å². The van der Waals surface area contributed by atoms with E-state index in [4.69, 9.17) is 0 Å². The van der Waals surface area contributed by atoms with Gasteiger partial charge in [0, 0.05) is 30.9 Å². The van der Waals surface area contributed by atoms with E-state index in [1.165, 1.54) is 0 Å². The summed E-state index contributed by atoms with van der Waals surface area (Å²) in [6.07, 6.45) is 3.75. The quantitative estimate of drug-likeness (QED) is 0.947. The number of benzene rings is 1. The number of pyridine rings is 1. The number of amides is 1. The number of aromatic nitrogens is 1. The van der Waals surface area contributed by atoms with Gasteiger partial charge in [-0.1, -0.05) is 0 Å². The van der Waals surface area contributed by atoms with Crippen LogP contribution >= 0.6 is 0 Å². The van der Waals surface area contributed by atoms with Crippen LogP contribution in [0, 0.1) is 11.6 Å². The molecule has 1 aliphatic heterocycles. The lowest BCUT2D eigenvalue weighted by Gasteiger charge is -2.16. The molecule has 1 amide bonds. The Morgan fingerprint density at radius 2 is 1.91 bits per heavy atom. The van der Waals surface area contributed by atoms with E-state index in [0.717, 1.165) is 49.9 Å². The van der Waals surface area contributed by atoms with Crippen molar-refractivity contribution in [1.29, 1.82) is 0 Å². The van der Waals surface area contributed by atoms with Crippen LogP contribution in [0.3, 0.4) is 0 Å². The number of rotatable bonds is 3. The lowest BCUT2D eigenvalue weighted by Crippen LogP contribution is -2.20. The highest BCUT2D eigenvalue weighted by Gasteiger charge is 2.16. The Hall–Kier alpha value is -2.50. The Bertz CT molecular complexity index is 700. The van der Waals surface area contributed by atoms with E-state index in [9.17, 15) is 13.6 Å². The van der Waals surface area contributed by atoms with Crippen molar-refractivity contribution in [1.82, 2.24) is 4.98 Å². The van der Waals surface area contributed by atoms with Gasteiger partial charge in [-0.3, -0.25) is 4.79 Å². The number of hydrogen-bond donors (Lipinski definition) is 1. The van der Waals surface area contributed by atoms with Gasteiger partial charge in [-0.2, -0.15) is 0 Å². The molecule has 114 valence electrons. The molecule has 4 nitrogen and oxygen atoms in total. The van der Waals surface area contributed by atoms with Crippen molar-refractivity contribution in [2.45, 2.75) is 12.8 Å². The van der Waals surface area contributed by atoms with E-state index < -0.39 is 17.5 Å². The Morgan fingerprint density at radius 1 is 1.14 bits per heavy atom. The number of carbonyl (C=O) groups is 1. The lowest BCUT2D eigenvalue weighted by molar-refractivity contribution is 0.102. The smallest absolute Gasteiger partial charge is 0.255 e. The molecular weight excluding hydrogens is 288 g/mol. The minimum absolute atomic E-state index is 0.176. The zero-order chi connectivity index (χ0) is 15.5. The third kappa shape index (κ3) is 3.05. The van der Waals surface area contributed by atoms with Crippen molar-refractivity contribution in [2.24, 2.45) is 0 Å². The molecule has 0 radical (unpaired) electrons. The van der Waals surface area contributed by atoms with Crippen LogP contribution in [0.2, 0.25) is 0 Å². The molecular formula is C16H15F2N3O. The van der Waals surface area contributed by atoms with Gasteiger partial charge in [-0.15, -0.1) is 0 Å². The van der Waals surface area contributed by atoms with Crippen molar-refractivity contribution >= 4 is 17.4 Å². The molecule has 1 N–H and O–H groups in total. The summed E-state index contributed by atoms with van der Waals surface area (Å²) in [6.45, 7) is 1.83. The summed E-state index contributed by atoms with van der Waals surface area (Å²) >= 11 is 0. The fourth-order valence-electron chi connectivity index (χ4n) is 2.47. The molecule has 0 atom stereocenters. The second-order valence-electron chi connectivity index (χ2n) is 5.18. The number of anilines is 2. The highest BCUT2D eigenvalue weighted by Crippen LogP contribution is 2.20. The van der Waals surface area contributed by atoms with E-state index in [-0.39, 0.29) is 5.69 Å². The number of hydrogen-bond acceptors (Lipinski definition) is 3. The van der Waals surface area contributed by atoms with Gasteiger partial charge in [0.15, 0.2) is 0 Å². The van der Waals surface area contributed by atoms with Gasteiger partial charge in [0.1, 0.15) is 17.5 Å². The third-order valence-corrected chi connectivity index (χ3v) is 3.61. The molecule has 2 aromatic rings. The maximum Gasteiger partial charge on any atom is 0.255 e. The fraction of sp³-hybridized carbons (Fsp3) is 0.250. The second kappa shape index (κ2) is 6.09. The largest absolute Gasteiger partial charge is 0.357 e. The molecule has 6 heteroatoms. The number of nitrogens with one attached hydrogen (secondary N) is 1. The molecule has 0 unspecified atom stereocenters. The van der Waals surface area contributed by atoms with Crippen LogP contribution in [0.4, 0.5) is 20.3 Å². The van der Waals surface area contributed by atoms with Crippen LogP contribution in [0.15, 0.2) is 36.5 Å². The molecule has 22 heavy (non-hydrogen) atoms. The Kier molecular flexibility index (Phi) is 4.00. The van der Waals surface area contributed by atoms with Crippen LogP contribution in [-0.4, -0.2) is 24.0 Å². The number of carbonyl (C=O) groups excluding carboxylic acids is 1. The Morgan fingerprint density at radius 3 is 2.68 bits per heavy atom. The van der Waals surface area contributed by atoms with Gasteiger partial charge in [0.25, 0.3) is 5.91 Å². The maximum absolute atomic E-state index is 13.6. The molecule has 0 bridgehead atoms. The second-order valence-corrected chi connectivity index (χ2v) is 5.18. The van der Waals surface area contributed by atoms with E-state index in [2.05, 4.69) is 15.2 Å². The molecule has 0 spiro atoms. The molecule has 3 rings (SSSR count). The van der Waals surface area contributed by atoms with Crippen molar-refractivity contribution in [2.75, 3.05) is 23.3 Å². The summed E-state index contributed by atoms with van der Waals surface area (Å²) in [5.74, 6) is -1.05.